The molecule has 5 rings (SSSR count). The van der Waals surface area contributed by atoms with Crippen molar-refractivity contribution < 1.29 is 11.3 Å². The van der Waals surface area contributed by atoms with Crippen LogP contribution in [0.1, 0.15) is 22.9 Å². The van der Waals surface area contributed by atoms with Crippen molar-refractivity contribution in [3.8, 4) is 11.3 Å². The molecule has 0 fully saturated rings. The molecule has 0 radical (unpaired) electrons. The van der Waals surface area contributed by atoms with Crippen molar-refractivity contribution in [1.29, 1.82) is 0 Å². The molecule has 0 spiro atoms. The van der Waals surface area contributed by atoms with Crippen LogP contribution in [0.25, 0.3) is 43.3 Å². The van der Waals surface area contributed by atoms with E-state index in [1.165, 1.54) is 27.2 Å². The maximum Gasteiger partial charge on any atom is 0.144 e. The number of fused-ring (bicyclic) bond motifs is 5. The molecule has 3 aromatic heterocycles. The van der Waals surface area contributed by atoms with Crippen molar-refractivity contribution in [2.45, 2.75) is 20.7 Å². The molecule has 0 aliphatic carbocycles. The Kier molecular flexibility index (Phi) is 2.14. The summed E-state index contributed by atoms with van der Waals surface area (Å²) in [6.45, 7) is -1.76. The predicted octanol–water partition coefficient (Wildman–Crippen LogP) is 6.79. The highest BCUT2D eigenvalue weighted by atomic mass is 32.1. The van der Waals surface area contributed by atoms with Crippen LogP contribution in [0.5, 0.6) is 0 Å². The Morgan fingerprint density at radius 3 is 2.96 bits per heavy atom. The fraction of sp³-hybridized carbons (Fsp3) is 0.136. The van der Waals surface area contributed by atoms with E-state index in [4.69, 9.17) is 11.3 Å². The fourth-order valence-electron chi connectivity index (χ4n) is 3.33. The molecule has 0 saturated heterocycles. The van der Waals surface area contributed by atoms with Crippen LogP contribution in [0, 0.1) is 20.7 Å². The van der Waals surface area contributed by atoms with Gasteiger partial charge in [-0.25, -0.2) is 0 Å². The lowest BCUT2D eigenvalue weighted by molar-refractivity contribution is 0.670. The maximum absolute atomic E-state index is 7.81. The Morgan fingerprint density at radius 2 is 2.08 bits per heavy atom. The summed E-state index contributed by atoms with van der Waals surface area (Å²) in [5.74, 6) is 0. The summed E-state index contributed by atoms with van der Waals surface area (Å²) in [5, 5.41) is 3.19. The molecular formula is C22H17NOS. The number of thiophene rings is 1. The van der Waals surface area contributed by atoms with Gasteiger partial charge in [-0.2, -0.15) is 0 Å². The van der Waals surface area contributed by atoms with Gasteiger partial charge in [0.2, 0.25) is 0 Å². The number of hydrogen-bond donors (Lipinski definition) is 0. The van der Waals surface area contributed by atoms with E-state index in [0.717, 1.165) is 16.4 Å². The summed E-state index contributed by atoms with van der Waals surface area (Å²) < 4.78 is 46.0. The summed E-state index contributed by atoms with van der Waals surface area (Å²) >= 11 is 1.73. The van der Waals surface area contributed by atoms with Crippen molar-refractivity contribution in [2.24, 2.45) is 0 Å². The van der Waals surface area contributed by atoms with Crippen molar-refractivity contribution in [1.82, 2.24) is 4.98 Å². The first-order chi connectivity index (χ1) is 14.2. The van der Waals surface area contributed by atoms with Crippen LogP contribution < -0.4 is 0 Å². The number of para-hydroxylation sites is 1. The van der Waals surface area contributed by atoms with E-state index >= 15 is 0 Å². The number of rotatable bonds is 1. The Balaban J connectivity index is 1.80. The second-order valence-electron chi connectivity index (χ2n) is 6.16. The van der Waals surface area contributed by atoms with Crippen LogP contribution in [0.4, 0.5) is 0 Å². The van der Waals surface area contributed by atoms with Crippen LogP contribution in [0.15, 0.2) is 53.1 Å². The summed E-state index contributed by atoms with van der Waals surface area (Å²) in [5.41, 5.74) is 2.72. The molecule has 0 aliphatic heterocycles. The number of benzene rings is 2. The second kappa shape index (κ2) is 5.17. The number of aromatic nitrogens is 1. The summed E-state index contributed by atoms with van der Waals surface area (Å²) in [4.78, 5) is 5.59. The van der Waals surface area contributed by atoms with Crippen LogP contribution >= 0.6 is 11.3 Å². The minimum atomic E-state index is -2.42. The zero-order valence-electron chi connectivity index (χ0n) is 18.5. The highest BCUT2D eigenvalue weighted by Gasteiger charge is 2.16. The van der Waals surface area contributed by atoms with Crippen molar-refractivity contribution in [3.63, 3.8) is 0 Å². The smallest absolute Gasteiger partial charge is 0.144 e. The quantitative estimate of drug-likeness (QED) is 0.333. The molecule has 0 saturated carbocycles. The highest BCUT2D eigenvalue weighted by Crippen LogP contribution is 2.41. The number of nitrogens with zero attached hydrogens (tertiary/aromatic N) is 1. The number of aryl methyl sites for hydroxylation is 3. The van der Waals surface area contributed by atoms with Gasteiger partial charge in [0, 0.05) is 39.0 Å². The summed E-state index contributed by atoms with van der Waals surface area (Å²) in [7, 11) is 0. The van der Waals surface area contributed by atoms with Crippen molar-refractivity contribution in [2.75, 3.05) is 0 Å². The van der Waals surface area contributed by atoms with Crippen molar-refractivity contribution in [3.05, 3.63) is 64.7 Å². The van der Waals surface area contributed by atoms with Gasteiger partial charge in [0.25, 0.3) is 0 Å². The van der Waals surface area contributed by atoms with E-state index in [0.29, 0.717) is 16.8 Å². The molecule has 122 valence electrons. The van der Waals surface area contributed by atoms with Crippen molar-refractivity contribution >= 4 is 43.4 Å². The lowest BCUT2D eigenvalue weighted by Crippen LogP contribution is -1.88. The van der Waals surface area contributed by atoms with Gasteiger partial charge in [0.1, 0.15) is 11.2 Å². The third-order valence-electron chi connectivity index (χ3n) is 4.48. The first kappa shape index (κ1) is 10.4. The fourth-order valence-corrected chi connectivity index (χ4v) is 4.39. The Bertz CT molecular complexity index is 1430. The SMILES string of the molecule is [2H]C([2H])c1cc(-c2cccc3c2oc2ccc4cc(C)sc4c23)ncc1C([2H])([2H])[2H]. The molecular weight excluding hydrogens is 326 g/mol. The van der Waals surface area contributed by atoms with Crippen LogP contribution in [-0.4, -0.2) is 4.98 Å². The molecule has 0 unspecified atom stereocenters. The van der Waals surface area contributed by atoms with Gasteiger partial charge in [-0.3, -0.25) is 4.98 Å². The van der Waals surface area contributed by atoms with Gasteiger partial charge >= 0.3 is 0 Å². The Labute approximate surface area is 156 Å². The Morgan fingerprint density at radius 1 is 1.12 bits per heavy atom. The number of furan rings is 1. The molecule has 2 nitrogen and oxygen atoms in total. The molecule has 0 bridgehead atoms. The summed E-state index contributed by atoms with van der Waals surface area (Å²) in [6, 6.07) is 13.5. The number of hydrogen-bond acceptors (Lipinski definition) is 3. The first-order valence-electron chi connectivity index (χ1n) is 10.6. The van der Waals surface area contributed by atoms with E-state index in [1.54, 1.807) is 11.3 Å². The standard InChI is InChI=1S/C22H17NOS/c1-12-9-18(23-11-13(12)2)16-5-4-6-17-20-19(24-21(16)17)8-7-15-10-14(3)25-22(15)20/h4-11H,1-3H3/i1D2,2D3. The van der Waals surface area contributed by atoms with Gasteiger partial charge in [0.05, 0.1) is 5.69 Å². The van der Waals surface area contributed by atoms with Crippen LogP contribution in [-0.2, 0) is 0 Å². The lowest BCUT2D eigenvalue weighted by Gasteiger charge is -2.05. The average Bonchev–Trinajstić information content (AvgIpc) is 3.25. The molecule has 5 aromatic rings. The topological polar surface area (TPSA) is 26.0 Å². The highest BCUT2D eigenvalue weighted by molar-refractivity contribution is 7.20. The van der Waals surface area contributed by atoms with E-state index in [2.05, 4.69) is 24.0 Å². The summed E-state index contributed by atoms with van der Waals surface area (Å²) in [6.07, 6.45) is 1.26. The Hall–Kier alpha value is -2.65. The monoisotopic (exact) mass is 348 g/mol. The van der Waals surface area contributed by atoms with Gasteiger partial charge in [-0.1, -0.05) is 12.1 Å². The molecule has 0 atom stereocenters. The molecule has 3 heteroatoms. The molecule has 0 amide bonds. The molecule has 25 heavy (non-hydrogen) atoms. The first-order valence-corrected chi connectivity index (χ1v) is 8.75. The van der Waals surface area contributed by atoms with Gasteiger partial charge < -0.3 is 4.42 Å². The lowest BCUT2D eigenvalue weighted by atomic mass is 10.0. The van der Waals surface area contributed by atoms with Gasteiger partial charge in [-0.05, 0) is 67.5 Å². The van der Waals surface area contributed by atoms with Crippen LogP contribution in [0.3, 0.4) is 0 Å². The average molecular weight is 348 g/mol. The third kappa shape index (κ3) is 2.12. The van der Waals surface area contributed by atoms with E-state index in [-0.39, 0.29) is 11.1 Å². The maximum atomic E-state index is 7.81. The van der Waals surface area contributed by atoms with Gasteiger partial charge in [0.15, 0.2) is 0 Å². The zero-order valence-corrected chi connectivity index (χ0v) is 14.3. The molecule has 0 N–H and O–H groups in total. The largest absolute Gasteiger partial charge is 0.455 e. The molecule has 2 aromatic carbocycles. The minimum absolute atomic E-state index is 0.0613. The van der Waals surface area contributed by atoms with Gasteiger partial charge in [-0.15, -0.1) is 11.3 Å². The molecule has 3 heterocycles. The van der Waals surface area contributed by atoms with E-state index in [1.807, 2.05) is 24.3 Å². The normalized spacial score (nSPS) is 15.4. The van der Waals surface area contributed by atoms with E-state index < -0.39 is 13.7 Å². The van der Waals surface area contributed by atoms with E-state index in [9.17, 15) is 0 Å². The predicted molar refractivity (Wildman–Crippen MR) is 107 cm³/mol. The number of pyridine rings is 1. The second-order valence-corrected chi connectivity index (χ2v) is 7.41. The minimum Gasteiger partial charge on any atom is -0.455 e. The third-order valence-corrected chi connectivity index (χ3v) is 5.56. The molecule has 0 aliphatic rings. The van der Waals surface area contributed by atoms with Crippen LogP contribution in [0.2, 0.25) is 0 Å². The zero-order chi connectivity index (χ0) is 21.2.